The molecule has 0 heterocycles. The minimum atomic E-state index is -1.53. The lowest BCUT2D eigenvalue weighted by atomic mass is 9.79. The molecule has 0 unspecified atom stereocenters. The van der Waals surface area contributed by atoms with Crippen molar-refractivity contribution in [2.75, 3.05) is 10.6 Å². The molecule has 0 atom stereocenters. The van der Waals surface area contributed by atoms with Gasteiger partial charge in [-0.1, -0.05) is 79.7 Å². The number of anilines is 2. The van der Waals surface area contributed by atoms with E-state index in [4.69, 9.17) is 0 Å². The van der Waals surface area contributed by atoms with Crippen molar-refractivity contribution in [3.8, 4) is 0 Å². The summed E-state index contributed by atoms with van der Waals surface area (Å²) in [5.74, 6) is -4.42. The molecule has 8 heteroatoms. The zero-order valence-electron chi connectivity index (χ0n) is 24.5. The summed E-state index contributed by atoms with van der Waals surface area (Å²) in [6.45, 7) is 1.80. The van der Waals surface area contributed by atoms with Crippen molar-refractivity contribution in [1.82, 2.24) is 0 Å². The lowest BCUT2D eigenvalue weighted by Crippen LogP contribution is -2.25. The molecular weight excluding hydrogens is 580 g/mol. The maximum Gasteiger partial charge on any atom is 0.337 e. The van der Waals surface area contributed by atoms with Crippen LogP contribution in [0.4, 0.5) is 11.4 Å². The molecule has 0 bridgehead atoms. The van der Waals surface area contributed by atoms with Crippen LogP contribution in [0.2, 0.25) is 0 Å². The summed E-state index contributed by atoms with van der Waals surface area (Å²) >= 11 is 0. The minimum absolute atomic E-state index is 0.0923. The second kappa shape index (κ2) is 11.0. The van der Waals surface area contributed by atoms with Crippen molar-refractivity contribution >= 4 is 78.2 Å². The van der Waals surface area contributed by atoms with Crippen LogP contribution in [0.3, 0.4) is 0 Å². The number of nitrogens with one attached hydrogen (secondary N) is 2. The van der Waals surface area contributed by atoms with Crippen molar-refractivity contribution in [2.45, 2.75) is 13.3 Å². The fourth-order valence-electron chi connectivity index (χ4n) is 6.63. The molecule has 8 nitrogen and oxygen atoms in total. The Morgan fingerprint density at radius 3 is 1.61 bits per heavy atom. The summed E-state index contributed by atoms with van der Waals surface area (Å²) in [5, 5.41) is 31.2. The first-order valence-electron chi connectivity index (χ1n) is 14.7. The number of carbonyl (C=O) groups excluding carboxylic acids is 2. The Morgan fingerprint density at radius 1 is 0.522 bits per heavy atom. The van der Waals surface area contributed by atoms with Crippen LogP contribution in [-0.2, 0) is 6.42 Å². The fourth-order valence-corrected chi connectivity index (χ4v) is 6.63. The average molecular weight is 607 g/mol. The number of rotatable bonds is 7. The van der Waals surface area contributed by atoms with Gasteiger partial charge in [-0.15, -0.1) is 0 Å². The smallest absolute Gasteiger partial charge is 0.337 e. The van der Waals surface area contributed by atoms with Crippen LogP contribution < -0.4 is 10.6 Å². The second-order valence-electron chi connectivity index (χ2n) is 11.0. The number of para-hydroxylation sites is 2. The van der Waals surface area contributed by atoms with Crippen LogP contribution >= 0.6 is 0 Å². The SMILES string of the molecule is CCc1cc2c3cccc4cccc(c5c(C(=O)Nc6ccccc6)c(C(=O)Nc6ccccc6)c(C(=O)O)c(c1C(=O)O)c25)c43. The van der Waals surface area contributed by atoms with Gasteiger partial charge in [0.05, 0.1) is 22.3 Å². The Bertz CT molecular complexity index is 2380. The van der Waals surface area contributed by atoms with Crippen LogP contribution in [0.1, 0.15) is 53.9 Å². The van der Waals surface area contributed by atoms with Gasteiger partial charge in [0.2, 0.25) is 0 Å². The van der Waals surface area contributed by atoms with Gasteiger partial charge in [0.1, 0.15) is 0 Å². The molecule has 0 aromatic heterocycles. The summed E-state index contributed by atoms with van der Waals surface area (Å²) < 4.78 is 0. The molecule has 2 amide bonds. The van der Waals surface area contributed by atoms with Crippen molar-refractivity contribution in [1.29, 1.82) is 0 Å². The molecule has 0 aliphatic carbocycles. The Kier molecular flexibility index (Phi) is 6.82. The van der Waals surface area contributed by atoms with Crippen molar-refractivity contribution in [3.05, 3.63) is 131 Å². The molecular formula is C38H26N2O6. The average Bonchev–Trinajstić information content (AvgIpc) is 3.06. The summed E-state index contributed by atoms with van der Waals surface area (Å²) in [4.78, 5) is 55.2. The minimum Gasteiger partial charge on any atom is -0.478 e. The van der Waals surface area contributed by atoms with E-state index in [0.29, 0.717) is 44.9 Å². The Labute approximate surface area is 262 Å². The highest BCUT2D eigenvalue weighted by molar-refractivity contribution is 6.42. The number of carboxylic acid groups (broad SMARTS) is 2. The number of hydrogen-bond donors (Lipinski definition) is 4. The van der Waals surface area contributed by atoms with Crippen molar-refractivity contribution < 1.29 is 29.4 Å². The summed E-state index contributed by atoms with van der Waals surface area (Å²) in [5.41, 5.74) is -0.123. The van der Waals surface area contributed by atoms with Gasteiger partial charge in [-0.2, -0.15) is 0 Å². The van der Waals surface area contributed by atoms with Gasteiger partial charge in [0.25, 0.3) is 11.8 Å². The fraction of sp³-hybridized carbons (Fsp3) is 0.0526. The number of amides is 2. The van der Waals surface area contributed by atoms with Gasteiger partial charge in [-0.05, 0) is 74.6 Å². The lowest BCUT2D eigenvalue weighted by molar-refractivity contribution is 0.0693. The third-order valence-electron chi connectivity index (χ3n) is 8.45. The molecule has 4 N–H and O–H groups in total. The third kappa shape index (κ3) is 4.38. The molecule has 224 valence electrons. The molecule has 0 saturated heterocycles. The number of aryl methyl sites for hydroxylation is 1. The predicted molar refractivity (Wildman–Crippen MR) is 180 cm³/mol. The third-order valence-corrected chi connectivity index (χ3v) is 8.45. The first-order valence-corrected chi connectivity index (χ1v) is 14.7. The number of aromatic carboxylic acids is 2. The maximum atomic E-state index is 14.5. The van der Waals surface area contributed by atoms with Crippen molar-refractivity contribution in [2.24, 2.45) is 0 Å². The Morgan fingerprint density at radius 2 is 1.07 bits per heavy atom. The van der Waals surface area contributed by atoms with Gasteiger partial charge >= 0.3 is 11.9 Å². The maximum absolute atomic E-state index is 14.5. The molecule has 7 aromatic carbocycles. The normalized spacial score (nSPS) is 11.3. The number of carboxylic acids is 2. The zero-order valence-corrected chi connectivity index (χ0v) is 24.5. The molecule has 0 fully saturated rings. The highest BCUT2D eigenvalue weighted by Crippen LogP contribution is 2.46. The highest BCUT2D eigenvalue weighted by atomic mass is 16.4. The monoisotopic (exact) mass is 606 g/mol. The molecule has 0 spiro atoms. The van der Waals surface area contributed by atoms with E-state index in [1.807, 2.05) is 36.4 Å². The molecule has 46 heavy (non-hydrogen) atoms. The zero-order chi connectivity index (χ0) is 32.1. The van der Waals surface area contributed by atoms with Crippen LogP contribution in [0, 0.1) is 0 Å². The van der Waals surface area contributed by atoms with Crippen LogP contribution in [-0.4, -0.2) is 34.0 Å². The molecule has 0 saturated carbocycles. The van der Waals surface area contributed by atoms with E-state index in [1.165, 1.54) is 0 Å². The molecule has 0 aliphatic heterocycles. The standard InChI is InChI=1S/C38H26N2O6/c1-2-20-19-26-24-17-9-11-21-12-10-18-25(27(21)24)29-30(26)31(28(20)37(43)44)34(38(45)46)33(36(42)40-23-15-7-4-8-16-23)32(29)35(41)39-22-13-5-3-6-14-22/h3-19H,2H2,1H3,(H,39,41)(H,40,42)(H,43,44)(H,45,46). The number of hydrogen-bond acceptors (Lipinski definition) is 4. The molecule has 0 aliphatic rings. The van der Waals surface area contributed by atoms with E-state index >= 15 is 0 Å². The Hall–Kier alpha value is -6.28. The van der Waals surface area contributed by atoms with Crippen LogP contribution in [0.15, 0.2) is 103 Å². The van der Waals surface area contributed by atoms with Gasteiger partial charge in [0.15, 0.2) is 0 Å². The van der Waals surface area contributed by atoms with E-state index in [-0.39, 0.29) is 16.5 Å². The van der Waals surface area contributed by atoms with Crippen LogP contribution in [0.25, 0.3) is 43.1 Å². The summed E-state index contributed by atoms with van der Waals surface area (Å²) in [7, 11) is 0. The number of carbonyl (C=O) groups is 4. The number of benzene rings is 7. The topological polar surface area (TPSA) is 133 Å². The summed E-state index contributed by atoms with van der Waals surface area (Å²) in [6.07, 6.45) is 0.290. The lowest BCUT2D eigenvalue weighted by Gasteiger charge is -2.24. The molecule has 7 rings (SSSR count). The van der Waals surface area contributed by atoms with E-state index in [9.17, 15) is 29.4 Å². The van der Waals surface area contributed by atoms with Gasteiger partial charge in [-0.25, -0.2) is 9.59 Å². The van der Waals surface area contributed by atoms with E-state index in [1.54, 1.807) is 73.7 Å². The van der Waals surface area contributed by atoms with E-state index in [0.717, 1.165) is 16.2 Å². The van der Waals surface area contributed by atoms with Crippen molar-refractivity contribution in [3.63, 3.8) is 0 Å². The van der Waals surface area contributed by atoms with Crippen LogP contribution in [0.5, 0.6) is 0 Å². The molecule has 0 radical (unpaired) electrons. The highest BCUT2D eigenvalue weighted by Gasteiger charge is 2.35. The van der Waals surface area contributed by atoms with Gasteiger partial charge in [-0.3, -0.25) is 9.59 Å². The number of fused-ring (bicyclic) bond motifs is 2. The van der Waals surface area contributed by atoms with E-state index < -0.39 is 34.9 Å². The molecule has 7 aromatic rings. The first kappa shape index (κ1) is 28.5. The van der Waals surface area contributed by atoms with Gasteiger partial charge < -0.3 is 20.8 Å². The predicted octanol–water partition coefficient (Wildman–Crippen LogP) is 8.20. The Balaban J connectivity index is 1.76. The largest absolute Gasteiger partial charge is 0.478 e. The first-order chi connectivity index (χ1) is 22.3. The van der Waals surface area contributed by atoms with E-state index in [2.05, 4.69) is 10.6 Å². The quantitative estimate of drug-likeness (QED) is 0.107. The summed E-state index contributed by atoms with van der Waals surface area (Å²) in [6, 6.07) is 30.2. The second-order valence-corrected chi connectivity index (χ2v) is 11.0. The van der Waals surface area contributed by atoms with Gasteiger partial charge in [0, 0.05) is 22.1 Å².